The number of nitrogens with zero attached hydrogens (tertiary/aromatic N) is 2. The molecule has 1 aromatic rings. The third-order valence-electron chi connectivity index (χ3n) is 2.63. The molecule has 0 saturated heterocycles. The number of aliphatic hydroxyl groups excluding tert-OH is 1. The van der Waals surface area contributed by atoms with E-state index in [1.807, 2.05) is 12.4 Å². The molecule has 3 nitrogen and oxygen atoms in total. The zero-order valence-electron chi connectivity index (χ0n) is 8.62. The third-order valence-corrected chi connectivity index (χ3v) is 2.63. The summed E-state index contributed by atoms with van der Waals surface area (Å²) in [5.74, 6) is 0. The maximum Gasteiger partial charge on any atom is 0.0640 e. The first-order valence-electron chi connectivity index (χ1n) is 4.74. The molecule has 1 heterocycles. The summed E-state index contributed by atoms with van der Waals surface area (Å²) >= 11 is 0. The third kappa shape index (κ3) is 2.31. The maximum atomic E-state index is 8.73. The first kappa shape index (κ1) is 10.3. The molecule has 0 fully saturated rings. The molecule has 13 heavy (non-hydrogen) atoms. The van der Waals surface area contributed by atoms with Crippen LogP contribution < -0.4 is 0 Å². The fourth-order valence-corrected chi connectivity index (χ4v) is 1.14. The average Bonchev–Trinajstić information content (AvgIpc) is 2.54. The molecule has 1 aromatic heterocycles. The Kier molecular flexibility index (Phi) is 3.09. The van der Waals surface area contributed by atoms with Crippen LogP contribution in [0.4, 0.5) is 0 Å². The lowest BCUT2D eigenvalue weighted by Crippen LogP contribution is -2.14. The van der Waals surface area contributed by atoms with Gasteiger partial charge in [-0.15, -0.1) is 0 Å². The summed E-state index contributed by atoms with van der Waals surface area (Å²) in [6.07, 6.45) is 5.00. The van der Waals surface area contributed by atoms with E-state index in [4.69, 9.17) is 5.11 Å². The van der Waals surface area contributed by atoms with E-state index in [0.29, 0.717) is 6.54 Å². The number of hydrogen-bond acceptors (Lipinski definition) is 2. The van der Waals surface area contributed by atoms with E-state index < -0.39 is 0 Å². The summed E-state index contributed by atoms with van der Waals surface area (Å²) in [5.41, 5.74) is 1.43. The molecule has 0 bridgehead atoms. The van der Waals surface area contributed by atoms with Crippen molar-refractivity contribution in [3.8, 4) is 0 Å². The number of rotatable bonds is 4. The van der Waals surface area contributed by atoms with Crippen LogP contribution in [0.15, 0.2) is 12.4 Å². The first-order valence-corrected chi connectivity index (χ1v) is 4.74. The summed E-state index contributed by atoms with van der Waals surface area (Å²) < 4.78 is 1.78. The highest BCUT2D eigenvalue weighted by Gasteiger charge is 2.19. The number of hydrogen-bond donors (Lipinski definition) is 1. The molecule has 0 saturated carbocycles. The highest BCUT2D eigenvalue weighted by molar-refractivity contribution is 5.16. The van der Waals surface area contributed by atoms with Gasteiger partial charge in [0.1, 0.15) is 0 Å². The monoisotopic (exact) mass is 182 g/mol. The molecule has 0 aliphatic rings. The van der Waals surface area contributed by atoms with Crippen LogP contribution in [-0.4, -0.2) is 21.5 Å². The SMILES string of the molecule is CCC(C)(C)c1cnn(CCO)c1. The zero-order chi connectivity index (χ0) is 9.90. The predicted molar refractivity (Wildman–Crippen MR) is 52.6 cm³/mol. The van der Waals surface area contributed by atoms with Crippen LogP contribution >= 0.6 is 0 Å². The largest absolute Gasteiger partial charge is 0.394 e. The minimum atomic E-state index is 0.147. The Morgan fingerprint density at radius 2 is 2.23 bits per heavy atom. The molecular weight excluding hydrogens is 164 g/mol. The fourth-order valence-electron chi connectivity index (χ4n) is 1.14. The number of aliphatic hydroxyl groups is 1. The Labute approximate surface area is 79.4 Å². The predicted octanol–water partition coefficient (Wildman–Crippen LogP) is 1.56. The van der Waals surface area contributed by atoms with Gasteiger partial charge < -0.3 is 5.11 Å². The molecule has 74 valence electrons. The first-order chi connectivity index (χ1) is 6.10. The summed E-state index contributed by atoms with van der Waals surface area (Å²) in [4.78, 5) is 0. The van der Waals surface area contributed by atoms with Crippen molar-refractivity contribution in [2.45, 2.75) is 39.2 Å². The lowest BCUT2D eigenvalue weighted by Gasteiger charge is -2.20. The second kappa shape index (κ2) is 3.92. The molecular formula is C10H18N2O. The maximum absolute atomic E-state index is 8.73. The molecule has 1 rings (SSSR count). The summed E-state index contributed by atoms with van der Waals surface area (Å²) in [6, 6.07) is 0. The van der Waals surface area contributed by atoms with Crippen molar-refractivity contribution in [3.05, 3.63) is 18.0 Å². The number of aromatic nitrogens is 2. The molecule has 0 radical (unpaired) electrons. The van der Waals surface area contributed by atoms with E-state index in [2.05, 4.69) is 25.9 Å². The van der Waals surface area contributed by atoms with Gasteiger partial charge in [-0.3, -0.25) is 4.68 Å². The zero-order valence-corrected chi connectivity index (χ0v) is 8.62. The van der Waals surface area contributed by atoms with Crippen LogP contribution in [0.1, 0.15) is 32.8 Å². The summed E-state index contributed by atoms with van der Waals surface area (Å²) in [5, 5.41) is 12.9. The van der Waals surface area contributed by atoms with Gasteiger partial charge in [-0.1, -0.05) is 20.8 Å². The van der Waals surface area contributed by atoms with Gasteiger partial charge in [0.05, 0.1) is 19.3 Å². The normalized spacial score (nSPS) is 12.0. The van der Waals surface area contributed by atoms with Crippen LogP contribution in [0.2, 0.25) is 0 Å². The quantitative estimate of drug-likeness (QED) is 0.767. The van der Waals surface area contributed by atoms with Gasteiger partial charge in [-0.2, -0.15) is 5.10 Å². The molecule has 3 heteroatoms. The van der Waals surface area contributed by atoms with E-state index in [-0.39, 0.29) is 12.0 Å². The van der Waals surface area contributed by atoms with Gasteiger partial charge in [-0.05, 0) is 17.4 Å². The Morgan fingerprint density at radius 1 is 1.54 bits per heavy atom. The van der Waals surface area contributed by atoms with Crippen molar-refractivity contribution in [2.75, 3.05) is 6.61 Å². The van der Waals surface area contributed by atoms with Crippen LogP contribution in [0, 0.1) is 0 Å². The standard InChI is InChI=1S/C10H18N2O/c1-4-10(2,3)9-7-11-12(8-9)5-6-13/h7-8,13H,4-6H2,1-3H3. The van der Waals surface area contributed by atoms with Crippen LogP contribution in [0.3, 0.4) is 0 Å². The Balaban J connectivity index is 2.79. The van der Waals surface area contributed by atoms with Crippen molar-refractivity contribution < 1.29 is 5.11 Å². The summed E-state index contributed by atoms with van der Waals surface area (Å²) in [7, 11) is 0. The van der Waals surface area contributed by atoms with Crippen molar-refractivity contribution in [2.24, 2.45) is 0 Å². The molecule has 0 aliphatic heterocycles. The van der Waals surface area contributed by atoms with Gasteiger partial charge in [0.2, 0.25) is 0 Å². The fraction of sp³-hybridized carbons (Fsp3) is 0.700. The van der Waals surface area contributed by atoms with E-state index in [1.165, 1.54) is 5.56 Å². The highest BCUT2D eigenvalue weighted by Crippen LogP contribution is 2.25. The Hall–Kier alpha value is -0.830. The Bertz CT molecular complexity index is 266. The highest BCUT2D eigenvalue weighted by atomic mass is 16.3. The van der Waals surface area contributed by atoms with Crippen LogP contribution in [-0.2, 0) is 12.0 Å². The second-order valence-corrected chi connectivity index (χ2v) is 3.95. The van der Waals surface area contributed by atoms with Gasteiger partial charge >= 0.3 is 0 Å². The van der Waals surface area contributed by atoms with Crippen LogP contribution in [0.25, 0.3) is 0 Å². The van der Waals surface area contributed by atoms with Crippen molar-refractivity contribution in [1.29, 1.82) is 0 Å². The van der Waals surface area contributed by atoms with E-state index in [0.717, 1.165) is 6.42 Å². The minimum absolute atomic E-state index is 0.147. The van der Waals surface area contributed by atoms with Gasteiger partial charge in [-0.25, -0.2) is 0 Å². The molecule has 0 aromatic carbocycles. The molecule has 1 N–H and O–H groups in total. The van der Waals surface area contributed by atoms with Crippen LogP contribution in [0.5, 0.6) is 0 Å². The minimum Gasteiger partial charge on any atom is -0.394 e. The van der Waals surface area contributed by atoms with E-state index >= 15 is 0 Å². The average molecular weight is 182 g/mol. The van der Waals surface area contributed by atoms with E-state index in [9.17, 15) is 0 Å². The molecule has 0 aliphatic carbocycles. The lowest BCUT2D eigenvalue weighted by molar-refractivity contribution is 0.269. The van der Waals surface area contributed by atoms with E-state index in [1.54, 1.807) is 4.68 Å². The van der Waals surface area contributed by atoms with Gasteiger partial charge in [0.15, 0.2) is 0 Å². The summed E-state index contributed by atoms with van der Waals surface area (Å²) in [6.45, 7) is 7.30. The molecule has 0 atom stereocenters. The van der Waals surface area contributed by atoms with Gasteiger partial charge in [0.25, 0.3) is 0 Å². The van der Waals surface area contributed by atoms with Crippen molar-refractivity contribution in [3.63, 3.8) is 0 Å². The second-order valence-electron chi connectivity index (χ2n) is 3.95. The lowest BCUT2D eigenvalue weighted by atomic mass is 9.84. The van der Waals surface area contributed by atoms with Gasteiger partial charge in [0, 0.05) is 6.20 Å². The molecule has 0 spiro atoms. The molecule has 0 unspecified atom stereocenters. The molecule has 0 amide bonds. The van der Waals surface area contributed by atoms with Crippen molar-refractivity contribution in [1.82, 2.24) is 9.78 Å². The topological polar surface area (TPSA) is 38.0 Å². The van der Waals surface area contributed by atoms with Crippen molar-refractivity contribution >= 4 is 0 Å². The Morgan fingerprint density at radius 3 is 2.77 bits per heavy atom. The smallest absolute Gasteiger partial charge is 0.0640 e.